The Kier molecular flexibility index (Phi) is 6.99. The summed E-state index contributed by atoms with van der Waals surface area (Å²) in [6, 6.07) is 0. The van der Waals surface area contributed by atoms with Gasteiger partial charge in [-0.05, 0) is 12.8 Å². The minimum atomic E-state index is -3.33. The highest BCUT2D eigenvalue weighted by atomic mass is 32.2. The number of nitrogens with zero attached hydrogens (tertiary/aromatic N) is 4. The van der Waals surface area contributed by atoms with E-state index in [0.29, 0.717) is 12.8 Å². The van der Waals surface area contributed by atoms with Gasteiger partial charge in [0.1, 0.15) is 0 Å². The van der Waals surface area contributed by atoms with Crippen molar-refractivity contribution in [2.45, 2.75) is 48.8 Å². The topological polar surface area (TPSA) is 104 Å². The Labute approximate surface area is 155 Å². The number of aryl methyl sites for hydroxylation is 2. The molecule has 0 aliphatic rings. The van der Waals surface area contributed by atoms with E-state index < -0.39 is 19.7 Å². The van der Waals surface area contributed by atoms with Crippen LogP contribution in [0.2, 0.25) is 0 Å². The van der Waals surface area contributed by atoms with E-state index in [1.807, 2.05) is 0 Å². The molecule has 0 aromatic carbocycles. The summed E-state index contributed by atoms with van der Waals surface area (Å²) < 4.78 is 51.6. The third-order valence-corrected chi connectivity index (χ3v) is 7.74. The zero-order valence-electron chi connectivity index (χ0n) is 15.2. The normalized spacial score (nSPS) is 12.5. The van der Waals surface area contributed by atoms with E-state index in [1.165, 1.54) is 21.5 Å². The maximum atomic E-state index is 12.1. The first-order chi connectivity index (χ1) is 12.2. The summed E-state index contributed by atoms with van der Waals surface area (Å²) >= 11 is 0. The average molecular weight is 403 g/mol. The van der Waals surface area contributed by atoms with E-state index >= 15 is 0 Å². The van der Waals surface area contributed by atoms with Gasteiger partial charge < -0.3 is 9.13 Å². The van der Waals surface area contributed by atoms with Crippen molar-refractivity contribution < 1.29 is 16.8 Å². The zero-order chi connectivity index (χ0) is 19.2. The molecule has 0 radical (unpaired) electrons. The fourth-order valence-corrected chi connectivity index (χ4v) is 5.75. The molecule has 0 amide bonds. The number of aromatic nitrogens is 4. The van der Waals surface area contributed by atoms with Gasteiger partial charge in [-0.1, -0.05) is 25.7 Å². The molecule has 0 saturated heterocycles. The standard InChI is InChI=1S/C16H26N4O4S2/c1-19-11-9-17-15(19)25(21,22)13-7-5-3-4-6-8-14-26(23,24)16-18-10-12-20(16)2/h9-12H,3-8,13-14H2,1-2H3. The molecule has 0 atom stereocenters. The minimum Gasteiger partial charge on any atom is -0.325 e. The minimum absolute atomic E-state index is 0.0887. The molecule has 0 spiro atoms. The molecule has 26 heavy (non-hydrogen) atoms. The highest BCUT2D eigenvalue weighted by Crippen LogP contribution is 2.14. The van der Waals surface area contributed by atoms with Gasteiger partial charge in [-0.2, -0.15) is 0 Å². The lowest BCUT2D eigenvalue weighted by atomic mass is 10.1. The molecule has 10 heteroatoms. The van der Waals surface area contributed by atoms with E-state index in [0.717, 1.165) is 25.7 Å². The lowest BCUT2D eigenvalue weighted by Crippen LogP contribution is -2.12. The van der Waals surface area contributed by atoms with Crippen LogP contribution in [0.1, 0.15) is 38.5 Å². The first-order valence-electron chi connectivity index (χ1n) is 8.64. The summed E-state index contributed by atoms with van der Waals surface area (Å²) in [5, 5.41) is 0.217. The highest BCUT2D eigenvalue weighted by Gasteiger charge is 2.19. The van der Waals surface area contributed by atoms with Crippen LogP contribution in [-0.4, -0.2) is 47.4 Å². The van der Waals surface area contributed by atoms with Crippen LogP contribution < -0.4 is 0 Å². The Bertz CT molecular complexity index is 837. The Balaban J connectivity index is 1.62. The van der Waals surface area contributed by atoms with Gasteiger partial charge in [-0.3, -0.25) is 0 Å². The summed E-state index contributed by atoms with van der Waals surface area (Å²) in [7, 11) is -3.33. The van der Waals surface area contributed by atoms with Crippen molar-refractivity contribution in [1.82, 2.24) is 19.1 Å². The lowest BCUT2D eigenvalue weighted by molar-refractivity contribution is 0.562. The molecule has 0 aliphatic carbocycles. The molecule has 2 aromatic rings. The van der Waals surface area contributed by atoms with Gasteiger partial charge in [-0.15, -0.1) is 0 Å². The smallest absolute Gasteiger partial charge is 0.227 e. The van der Waals surface area contributed by atoms with Gasteiger partial charge in [0.25, 0.3) is 0 Å². The maximum absolute atomic E-state index is 12.1. The van der Waals surface area contributed by atoms with Crippen molar-refractivity contribution in [3.63, 3.8) is 0 Å². The van der Waals surface area contributed by atoms with Gasteiger partial charge in [0.2, 0.25) is 30.0 Å². The van der Waals surface area contributed by atoms with Crippen molar-refractivity contribution >= 4 is 19.7 Å². The van der Waals surface area contributed by atoms with Crippen molar-refractivity contribution in [2.75, 3.05) is 11.5 Å². The van der Waals surface area contributed by atoms with Gasteiger partial charge in [-0.25, -0.2) is 26.8 Å². The molecule has 0 bridgehead atoms. The zero-order valence-corrected chi connectivity index (χ0v) is 16.8. The molecule has 2 heterocycles. The second-order valence-corrected chi connectivity index (χ2v) is 10.4. The summed E-state index contributed by atoms with van der Waals surface area (Å²) in [5.74, 6) is 0.177. The highest BCUT2D eigenvalue weighted by molar-refractivity contribution is 7.91. The molecule has 2 aromatic heterocycles. The van der Waals surface area contributed by atoms with E-state index in [2.05, 4.69) is 9.97 Å². The van der Waals surface area contributed by atoms with Crippen LogP contribution in [0.3, 0.4) is 0 Å². The van der Waals surface area contributed by atoms with Crippen molar-refractivity contribution in [2.24, 2.45) is 14.1 Å². The molecule has 0 aliphatic heterocycles. The fourth-order valence-electron chi connectivity index (χ4n) is 2.78. The first-order valence-corrected chi connectivity index (χ1v) is 11.9. The molecule has 0 saturated carbocycles. The van der Waals surface area contributed by atoms with E-state index in [9.17, 15) is 16.8 Å². The summed E-state index contributed by atoms with van der Waals surface area (Å²) in [5.41, 5.74) is 0. The van der Waals surface area contributed by atoms with E-state index in [1.54, 1.807) is 26.5 Å². The van der Waals surface area contributed by atoms with Crippen LogP contribution >= 0.6 is 0 Å². The van der Waals surface area contributed by atoms with E-state index in [-0.39, 0.29) is 21.8 Å². The maximum Gasteiger partial charge on any atom is 0.227 e. The molecular weight excluding hydrogens is 376 g/mol. The number of unbranched alkanes of at least 4 members (excludes halogenated alkanes) is 5. The number of imidazole rings is 2. The number of hydrogen-bond donors (Lipinski definition) is 0. The Morgan fingerprint density at radius 2 is 1.04 bits per heavy atom. The number of hydrogen-bond acceptors (Lipinski definition) is 6. The monoisotopic (exact) mass is 402 g/mol. The molecule has 8 nitrogen and oxygen atoms in total. The number of sulfone groups is 2. The van der Waals surface area contributed by atoms with Crippen molar-refractivity contribution in [3.8, 4) is 0 Å². The first kappa shape index (κ1) is 20.6. The van der Waals surface area contributed by atoms with Crippen molar-refractivity contribution in [1.29, 1.82) is 0 Å². The largest absolute Gasteiger partial charge is 0.325 e. The Hall–Kier alpha value is -1.68. The quantitative estimate of drug-likeness (QED) is 0.530. The number of rotatable bonds is 11. The predicted molar refractivity (Wildman–Crippen MR) is 98.2 cm³/mol. The molecule has 146 valence electrons. The van der Waals surface area contributed by atoms with Crippen LogP contribution in [0.15, 0.2) is 35.1 Å². The van der Waals surface area contributed by atoms with Crippen LogP contribution in [0.25, 0.3) is 0 Å². The SMILES string of the molecule is Cn1ccnc1S(=O)(=O)CCCCCCCCS(=O)(=O)c1nccn1C. The average Bonchev–Trinajstić information content (AvgIpc) is 3.18. The third-order valence-electron chi connectivity index (χ3n) is 4.19. The van der Waals surface area contributed by atoms with Gasteiger partial charge in [0.15, 0.2) is 0 Å². The van der Waals surface area contributed by atoms with Crippen molar-refractivity contribution in [3.05, 3.63) is 24.8 Å². The van der Waals surface area contributed by atoms with Crippen LogP contribution in [0.5, 0.6) is 0 Å². The van der Waals surface area contributed by atoms with Crippen LogP contribution in [-0.2, 0) is 33.8 Å². The van der Waals surface area contributed by atoms with Gasteiger partial charge in [0, 0.05) is 38.9 Å². The summed E-state index contributed by atoms with van der Waals surface area (Å²) in [6.45, 7) is 0. The third kappa shape index (κ3) is 5.41. The summed E-state index contributed by atoms with van der Waals surface area (Å²) in [6.07, 6.45) is 10.7. The molecule has 2 rings (SSSR count). The second-order valence-electron chi connectivity index (χ2n) is 6.40. The fraction of sp³-hybridized carbons (Fsp3) is 0.625. The summed E-state index contributed by atoms with van der Waals surface area (Å²) in [4.78, 5) is 7.78. The molecule has 0 fully saturated rings. The molecular formula is C16H26N4O4S2. The van der Waals surface area contributed by atoms with Crippen LogP contribution in [0, 0.1) is 0 Å². The molecule has 0 unspecified atom stereocenters. The Morgan fingerprint density at radius 1 is 0.692 bits per heavy atom. The predicted octanol–water partition coefficient (Wildman–Crippen LogP) is 1.74. The van der Waals surface area contributed by atoms with Crippen LogP contribution in [0.4, 0.5) is 0 Å². The molecule has 0 N–H and O–H groups in total. The Morgan fingerprint density at radius 3 is 1.35 bits per heavy atom. The van der Waals surface area contributed by atoms with Gasteiger partial charge >= 0.3 is 0 Å². The second kappa shape index (κ2) is 8.81. The van der Waals surface area contributed by atoms with Gasteiger partial charge in [0.05, 0.1) is 11.5 Å². The lowest BCUT2D eigenvalue weighted by Gasteiger charge is -2.05. The van der Waals surface area contributed by atoms with E-state index in [4.69, 9.17) is 0 Å².